The SMILES string of the molecule is O=C(Cn1cnc(-c2ccccc2F)cc1=O)Nc1ccc(F)cc1. The summed E-state index contributed by atoms with van der Waals surface area (Å²) in [6, 6.07) is 12.4. The summed E-state index contributed by atoms with van der Waals surface area (Å²) in [5.74, 6) is -1.36. The van der Waals surface area contributed by atoms with E-state index >= 15 is 0 Å². The van der Waals surface area contributed by atoms with E-state index in [1.165, 1.54) is 48.8 Å². The van der Waals surface area contributed by atoms with Crippen molar-refractivity contribution in [1.29, 1.82) is 0 Å². The number of hydrogen-bond donors (Lipinski definition) is 1. The maximum atomic E-state index is 13.7. The standard InChI is InChI=1S/C18H13F2N3O2/c19-12-5-7-13(8-6-12)22-17(24)10-23-11-21-16(9-18(23)25)14-3-1-2-4-15(14)20/h1-9,11H,10H2,(H,22,24). The van der Waals surface area contributed by atoms with Gasteiger partial charge in [-0.05, 0) is 36.4 Å². The number of benzene rings is 2. The number of halogens is 2. The molecule has 1 heterocycles. The Kier molecular flexibility index (Phi) is 4.65. The molecule has 0 radical (unpaired) electrons. The molecule has 3 aromatic rings. The third-order valence-electron chi connectivity index (χ3n) is 3.47. The van der Waals surface area contributed by atoms with Gasteiger partial charge in [0, 0.05) is 17.3 Å². The lowest BCUT2D eigenvalue weighted by Gasteiger charge is -2.08. The highest BCUT2D eigenvalue weighted by Crippen LogP contribution is 2.18. The number of carbonyl (C=O) groups excluding carboxylic acids is 1. The van der Waals surface area contributed by atoms with Gasteiger partial charge in [0.25, 0.3) is 5.56 Å². The molecule has 7 heteroatoms. The second-order valence-electron chi connectivity index (χ2n) is 5.28. The zero-order chi connectivity index (χ0) is 17.8. The van der Waals surface area contributed by atoms with E-state index in [9.17, 15) is 18.4 Å². The van der Waals surface area contributed by atoms with E-state index in [0.29, 0.717) is 5.69 Å². The quantitative estimate of drug-likeness (QED) is 0.794. The van der Waals surface area contributed by atoms with Gasteiger partial charge >= 0.3 is 0 Å². The first-order valence-corrected chi connectivity index (χ1v) is 7.40. The Balaban J connectivity index is 1.75. The Morgan fingerprint density at radius 2 is 1.80 bits per heavy atom. The number of amides is 1. The molecule has 0 aliphatic rings. The third-order valence-corrected chi connectivity index (χ3v) is 3.47. The Labute approximate surface area is 141 Å². The van der Waals surface area contributed by atoms with Gasteiger partial charge in [-0.3, -0.25) is 14.2 Å². The molecule has 25 heavy (non-hydrogen) atoms. The van der Waals surface area contributed by atoms with Gasteiger partial charge in [0.05, 0.1) is 12.0 Å². The van der Waals surface area contributed by atoms with Gasteiger partial charge in [-0.25, -0.2) is 13.8 Å². The summed E-state index contributed by atoms with van der Waals surface area (Å²) in [6.45, 7) is -0.263. The zero-order valence-electron chi connectivity index (χ0n) is 12.9. The summed E-state index contributed by atoms with van der Waals surface area (Å²) in [5, 5.41) is 2.55. The number of nitrogens with zero attached hydrogens (tertiary/aromatic N) is 2. The summed E-state index contributed by atoms with van der Waals surface area (Å²) in [5.41, 5.74) is 0.332. The van der Waals surface area contributed by atoms with Crippen molar-refractivity contribution in [1.82, 2.24) is 9.55 Å². The van der Waals surface area contributed by atoms with Crippen LogP contribution in [0.15, 0.2) is 65.7 Å². The molecule has 1 N–H and O–H groups in total. The van der Waals surface area contributed by atoms with Gasteiger partial charge < -0.3 is 5.32 Å². The lowest BCUT2D eigenvalue weighted by atomic mass is 10.1. The summed E-state index contributed by atoms with van der Waals surface area (Å²) in [4.78, 5) is 28.1. The lowest BCUT2D eigenvalue weighted by molar-refractivity contribution is -0.116. The zero-order valence-corrected chi connectivity index (χ0v) is 12.9. The van der Waals surface area contributed by atoms with Crippen LogP contribution < -0.4 is 10.9 Å². The fraction of sp³-hybridized carbons (Fsp3) is 0.0556. The summed E-state index contributed by atoms with van der Waals surface area (Å²) < 4.78 is 27.7. The minimum absolute atomic E-state index is 0.193. The molecule has 0 atom stereocenters. The van der Waals surface area contributed by atoms with Crippen molar-refractivity contribution in [3.05, 3.63) is 82.9 Å². The van der Waals surface area contributed by atoms with Gasteiger partial charge in [-0.1, -0.05) is 12.1 Å². The number of anilines is 1. The number of hydrogen-bond acceptors (Lipinski definition) is 3. The van der Waals surface area contributed by atoms with Crippen molar-refractivity contribution >= 4 is 11.6 Å². The van der Waals surface area contributed by atoms with E-state index in [2.05, 4.69) is 10.3 Å². The molecule has 0 unspecified atom stereocenters. The summed E-state index contributed by atoms with van der Waals surface area (Å²) in [7, 11) is 0. The average Bonchev–Trinajstić information content (AvgIpc) is 2.59. The first-order valence-electron chi connectivity index (χ1n) is 7.40. The van der Waals surface area contributed by atoms with E-state index in [0.717, 1.165) is 4.57 Å². The first-order chi connectivity index (χ1) is 12.0. The molecule has 3 rings (SSSR count). The Hall–Kier alpha value is -3.35. The van der Waals surface area contributed by atoms with Crippen molar-refractivity contribution in [2.45, 2.75) is 6.54 Å². The van der Waals surface area contributed by atoms with Crippen molar-refractivity contribution in [2.24, 2.45) is 0 Å². The molecule has 0 saturated heterocycles. The highest BCUT2D eigenvalue weighted by Gasteiger charge is 2.10. The highest BCUT2D eigenvalue weighted by atomic mass is 19.1. The van der Waals surface area contributed by atoms with Crippen LogP contribution in [0, 0.1) is 11.6 Å². The van der Waals surface area contributed by atoms with E-state index in [-0.39, 0.29) is 17.8 Å². The maximum Gasteiger partial charge on any atom is 0.254 e. The summed E-state index contributed by atoms with van der Waals surface area (Å²) in [6.07, 6.45) is 1.19. The van der Waals surface area contributed by atoms with Crippen LogP contribution in [-0.2, 0) is 11.3 Å². The van der Waals surface area contributed by atoms with Crippen molar-refractivity contribution in [3.63, 3.8) is 0 Å². The van der Waals surface area contributed by atoms with Gasteiger partial charge in [0.1, 0.15) is 18.2 Å². The Morgan fingerprint density at radius 1 is 1.08 bits per heavy atom. The Bertz CT molecular complexity index is 969. The summed E-state index contributed by atoms with van der Waals surface area (Å²) >= 11 is 0. The smallest absolute Gasteiger partial charge is 0.254 e. The monoisotopic (exact) mass is 341 g/mol. The minimum Gasteiger partial charge on any atom is -0.325 e. The fourth-order valence-corrected chi connectivity index (χ4v) is 2.25. The molecule has 0 fully saturated rings. The molecule has 1 aromatic heterocycles. The van der Waals surface area contributed by atoms with Crippen LogP contribution in [-0.4, -0.2) is 15.5 Å². The van der Waals surface area contributed by atoms with Crippen LogP contribution in [0.1, 0.15) is 0 Å². The molecule has 5 nitrogen and oxygen atoms in total. The van der Waals surface area contributed by atoms with E-state index in [1.54, 1.807) is 12.1 Å². The second-order valence-corrected chi connectivity index (χ2v) is 5.28. The number of rotatable bonds is 4. The van der Waals surface area contributed by atoms with Crippen LogP contribution in [0.2, 0.25) is 0 Å². The van der Waals surface area contributed by atoms with Crippen LogP contribution >= 0.6 is 0 Å². The van der Waals surface area contributed by atoms with Crippen LogP contribution in [0.25, 0.3) is 11.3 Å². The van der Waals surface area contributed by atoms with E-state index in [4.69, 9.17) is 0 Å². The number of carbonyl (C=O) groups is 1. The van der Waals surface area contributed by atoms with Crippen molar-refractivity contribution in [3.8, 4) is 11.3 Å². The molecular weight excluding hydrogens is 328 g/mol. The molecule has 0 aliphatic heterocycles. The molecule has 0 saturated carbocycles. The van der Waals surface area contributed by atoms with Crippen LogP contribution in [0.4, 0.5) is 14.5 Å². The molecular formula is C18H13F2N3O2. The molecule has 0 bridgehead atoms. The lowest BCUT2D eigenvalue weighted by Crippen LogP contribution is -2.27. The normalized spacial score (nSPS) is 10.5. The van der Waals surface area contributed by atoms with Crippen molar-refractivity contribution < 1.29 is 13.6 Å². The molecule has 1 amide bonds. The average molecular weight is 341 g/mol. The number of aromatic nitrogens is 2. The highest BCUT2D eigenvalue weighted by molar-refractivity contribution is 5.90. The Morgan fingerprint density at radius 3 is 2.48 bits per heavy atom. The maximum absolute atomic E-state index is 13.7. The van der Waals surface area contributed by atoms with Gasteiger partial charge in [-0.2, -0.15) is 0 Å². The van der Waals surface area contributed by atoms with Gasteiger partial charge in [-0.15, -0.1) is 0 Å². The first kappa shape index (κ1) is 16.5. The minimum atomic E-state index is -0.485. The van der Waals surface area contributed by atoms with Crippen molar-refractivity contribution in [2.75, 3.05) is 5.32 Å². The predicted molar refractivity (Wildman–Crippen MR) is 88.9 cm³/mol. The largest absolute Gasteiger partial charge is 0.325 e. The second kappa shape index (κ2) is 7.04. The van der Waals surface area contributed by atoms with Gasteiger partial charge in [0.15, 0.2) is 0 Å². The van der Waals surface area contributed by atoms with E-state index in [1.807, 2.05) is 0 Å². The molecule has 0 aliphatic carbocycles. The van der Waals surface area contributed by atoms with E-state index < -0.39 is 23.1 Å². The third kappa shape index (κ3) is 3.95. The molecule has 126 valence electrons. The predicted octanol–water partition coefficient (Wildman–Crippen LogP) is 2.83. The van der Waals surface area contributed by atoms with Crippen LogP contribution in [0.3, 0.4) is 0 Å². The topological polar surface area (TPSA) is 64.0 Å². The number of nitrogens with one attached hydrogen (secondary N) is 1. The molecule has 0 spiro atoms. The molecule has 2 aromatic carbocycles. The van der Waals surface area contributed by atoms with Crippen LogP contribution in [0.5, 0.6) is 0 Å². The van der Waals surface area contributed by atoms with Gasteiger partial charge in [0.2, 0.25) is 5.91 Å². The fourth-order valence-electron chi connectivity index (χ4n) is 2.25.